The number of halogens is 4. The van der Waals surface area contributed by atoms with Crippen LogP contribution in [0.1, 0.15) is 16.7 Å². The van der Waals surface area contributed by atoms with Crippen molar-refractivity contribution in [1.82, 2.24) is 4.98 Å². The van der Waals surface area contributed by atoms with Crippen LogP contribution in [0.5, 0.6) is 0 Å². The summed E-state index contributed by atoms with van der Waals surface area (Å²) in [6.45, 7) is 0.698. The molecule has 0 spiro atoms. The third-order valence-electron chi connectivity index (χ3n) is 1.88. The fourth-order valence-corrected chi connectivity index (χ4v) is 1.33. The number of aliphatic hydroxyl groups excluding tert-OH is 1. The molecule has 0 aliphatic rings. The lowest BCUT2D eigenvalue weighted by Gasteiger charge is -2.12. The SMILES string of the molecule is Cc1c(C(F)(F)F)cnc(Cl)c1CO. The van der Waals surface area contributed by atoms with E-state index in [2.05, 4.69) is 4.98 Å². The van der Waals surface area contributed by atoms with E-state index in [-0.39, 0.29) is 16.3 Å². The fourth-order valence-electron chi connectivity index (χ4n) is 1.08. The number of hydrogen-bond acceptors (Lipinski definition) is 2. The van der Waals surface area contributed by atoms with E-state index < -0.39 is 18.3 Å². The van der Waals surface area contributed by atoms with Crippen molar-refractivity contribution < 1.29 is 18.3 Å². The van der Waals surface area contributed by atoms with Crippen LogP contribution >= 0.6 is 11.6 Å². The van der Waals surface area contributed by atoms with Crippen LogP contribution in [0.25, 0.3) is 0 Å². The highest BCUT2D eigenvalue weighted by molar-refractivity contribution is 6.30. The molecule has 6 heteroatoms. The molecule has 1 rings (SSSR count). The van der Waals surface area contributed by atoms with Crippen molar-refractivity contribution in [2.45, 2.75) is 19.7 Å². The lowest BCUT2D eigenvalue weighted by atomic mass is 10.1. The third-order valence-corrected chi connectivity index (χ3v) is 2.20. The van der Waals surface area contributed by atoms with Crippen LogP contribution in [-0.2, 0) is 12.8 Å². The molecule has 1 aromatic heterocycles. The number of alkyl halides is 3. The smallest absolute Gasteiger partial charge is 0.392 e. The van der Waals surface area contributed by atoms with Gasteiger partial charge in [-0.1, -0.05) is 11.6 Å². The summed E-state index contributed by atoms with van der Waals surface area (Å²) in [6, 6.07) is 0. The molecule has 0 aliphatic heterocycles. The Morgan fingerprint density at radius 2 is 2.07 bits per heavy atom. The number of hydrogen-bond donors (Lipinski definition) is 1. The molecular weight excluding hydrogens is 219 g/mol. The van der Waals surface area contributed by atoms with Gasteiger partial charge in [-0.05, 0) is 12.5 Å². The normalized spacial score (nSPS) is 11.9. The molecule has 1 heterocycles. The molecule has 0 amide bonds. The molecule has 14 heavy (non-hydrogen) atoms. The maximum Gasteiger partial charge on any atom is 0.418 e. The minimum atomic E-state index is -4.47. The van der Waals surface area contributed by atoms with Crippen LogP contribution in [0.15, 0.2) is 6.20 Å². The summed E-state index contributed by atoms with van der Waals surface area (Å²) in [4.78, 5) is 3.36. The molecule has 0 saturated carbocycles. The highest BCUT2D eigenvalue weighted by Crippen LogP contribution is 2.34. The third kappa shape index (κ3) is 1.99. The summed E-state index contributed by atoms with van der Waals surface area (Å²) in [5, 5.41) is 8.70. The van der Waals surface area contributed by atoms with E-state index in [1.165, 1.54) is 6.92 Å². The van der Waals surface area contributed by atoms with Crippen molar-refractivity contribution in [3.63, 3.8) is 0 Å². The molecule has 1 N–H and O–H groups in total. The standard InChI is InChI=1S/C8H7ClF3NO/c1-4-5(3-14)7(9)13-2-6(4)8(10,11)12/h2,14H,3H2,1H3. The maximum absolute atomic E-state index is 12.3. The number of pyridine rings is 1. The van der Waals surface area contributed by atoms with Crippen LogP contribution in [-0.4, -0.2) is 10.1 Å². The van der Waals surface area contributed by atoms with Crippen molar-refractivity contribution in [3.8, 4) is 0 Å². The Morgan fingerprint density at radius 1 is 1.50 bits per heavy atom. The molecule has 0 unspecified atom stereocenters. The Balaban J connectivity index is 3.36. The number of rotatable bonds is 1. The predicted octanol–water partition coefficient (Wildman–Crippen LogP) is 2.55. The predicted molar refractivity (Wildman–Crippen MR) is 44.9 cm³/mol. The molecule has 1 aromatic rings. The number of aromatic nitrogens is 1. The van der Waals surface area contributed by atoms with Crippen LogP contribution < -0.4 is 0 Å². The first-order valence-electron chi connectivity index (χ1n) is 3.70. The van der Waals surface area contributed by atoms with Gasteiger partial charge in [0.25, 0.3) is 0 Å². The monoisotopic (exact) mass is 225 g/mol. The van der Waals surface area contributed by atoms with E-state index in [9.17, 15) is 13.2 Å². The van der Waals surface area contributed by atoms with E-state index >= 15 is 0 Å². The van der Waals surface area contributed by atoms with E-state index in [1.807, 2.05) is 0 Å². The molecule has 2 nitrogen and oxygen atoms in total. The van der Waals surface area contributed by atoms with Gasteiger partial charge < -0.3 is 5.11 Å². The quantitative estimate of drug-likeness (QED) is 0.745. The molecule has 0 bridgehead atoms. The summed E-state index contributed by atoms with van der Waals surface area (Å²) in [5.41, 5.74) is -0.938. The van der Waals surface area contributed by atoms with Crippen molar-refractivity contribution in [2.75, 3.05) is 0 Å². The first kappa shape index (κ1) is 11.3. The number of aliphatic hydroxyl groups is 1. The molecule has 0 aromatic carbocycles. The van der Waals surface area contributed by atoms with Gasteiger partial charge in [-0.2, -0.15) is 13.2 Å². The minimum Gasteiger partial charge on any atom is -0.392 e. The van der Waals surface area contributed by atoms with Gasteiger partial charge in [-0.25, -0.2) is 4.98 Å². The van der Waals surface area contributed by atoms with Crippen molar-refractivity contribution >= 4 is 11.6 Å². The van der Waals surface area contributed by atoms with Gasteiger partial charge in [0.2, 0.25) is 0 Å². The molecule has 0 radical (unpaired) electrons. The minimum absolute atomic E-state index is 0.0153. The van der Waals surface area contributed by atoms with Gasteiger partial charge in [0, 0.05) is 11.8 Å². The highest BCUT2D eigenvalue weighted by Gasteiger charge is 2.34. The Bertz CT molecular complexity index is 351. The van der Waals surface area contributed by atoms with Crippen molar-refractivity contribution in [2.24, 2.45) is 0 Å². The zero-order valence-electron chi connectivity index (χ0n) is 7.19. The summed E-state index contributed by atoms with van der Waals surface area (Å²) < 4.78 is 37.0. The molecule has 0 atom stereocenters. The average molecular weight is 226 g/mol. The van der Waals surface area contributed by atoms with E-state index in [4.69, 9.17) is 16.7 Å². The van der Waals surface area contributed by atoms with Crippen molar-refractivity contribution in [3.05, 3.63) is 28.0 Å². The molecule has 0 fully saturated rings. The first-order chi connectivity index (χ1) is 6.38. The van der Waals surface area contributed by atoms with Crippen LogP contribution in [0.2, 0.25) is 5.15 Å². The Hall–Kier alpha value is -0.810. The fraction of sp³-hybridized carbons (Fsp3) is 0.375. The largest absolute Gasteiger partial charge is 0.418 e. The van der Waals surface area contributed by atoms with Gasteiger partial charge in [0.05, 0.1) is 12.2 Å². The van der Waals surface area contributed by atoms with Crippen LogP contribution in [0, 0.1) is 6.92 Å². The van der Waals surface area contributed by atoms with E-state index in [0.717, 1.165) is 0 Å². The Labute approximate surface area is 83.3 Å². The second-order valence-corrected chi connectivity index (χ2v) is 3.08. The van der Waals surface area contributed by atoms with Gasteiger partial charge in [-0.15, -0.1) is 0 Å². The van der Waals surface area contributed by atoms with E-state index in [0.29, 0.717) is 6.20 Å². The van der Waals surface area contributed by atoms with Crippen molar-refractivity contribution in [1.29, 1.82) is 0 Å². The lowest BCUT2D eigenvalue weighted by molar-refractivity contribution is -0.138. The first-order valence-corrected chi connectivity index (χ1v) is 4.07. The van der Waals surface area contributed by atoms with Gasteiger partial charge in [-0.3, -0.25) is 0 Å². The Morgan fingerprint density at radius 3 is 2.50 bits per heavy atom. The second-order valence-electron chi connectivity index (χ2n) is 2.72. The number of nitrogens with zero attached hydrogens (tertiary/aromatic N) is 1. The summed E-state index contributed by atoms with van der Waals surface area (Å²) >= 11 is 5.51. The molecule has 0 aliphatic carbocycles. The summed E-state index contributed by atoms with van der Waals surface area (Å²) in [7, 11) is 0. The second kappa shape index (κ2) is 3.74. The lowest BCUT2D eigenvalue weighted by Crippen LogP contribution is -2.10. The van der Waals surface area contributed by atoms with Gasteiger partial charge >= 0.3 is 6.18 Å². The molecular formula is C8H7ClF3NO. The summed E-state index contributed by atoms with van der Waals surface area (Å²) in [5.74, 6) is 0. The van der Waals surface area contributed by atoms with Crippen LogP contribution in [0.3, 0.4) is 0 Å². The molecule has 0 saturated heterocycles. The topological polar surface area (TPSA) is 33.1 Å². The summed E-state index contributed by atoms with van der Waals surface area (Å²) in [6.07, 6.45) is -3.80. The molecule has 78 valence electrons. The zero-order chi connectivity index (χ0) is 10.9. The Kier molecular flexibility index (Phi) is 3.01. The maximum atomic E-state index is 12.3. The van der Waals surface area contributed by atoms with Gasteiger partial charge in [0.1, 0.15) is 5.15 Å². The van der Waals surface area contributed by atoms with E-state index in [1.54, 1.807) is 0 Å². The zero-order valence-corrected chi connectivity index (χ0v) is 7.95. The highest BCUT2D eigenvalue weighted by atomic mass is 35.5. The average Bonchev–Trinajstić information content (AvgIpc) is 2.02. The van der Waals surface area contributed by atoms with Gasteiger partial charge in [0.15, 0.2) is 0 Å². The van der Waals surface area contributed by atoms with Crippen LogP contribution in [0.4, 0.5) is 13.2 Å².